The Bertz CT molecular complexity index is 881. The van der Waals surface area contributed by atoms with E-state index in [1.165, 1.54) is 6.92 Å². The number of rotatable bonds is 4. The maximum Gasteiger partial charge on any atom is 0.332 e. The smallest absolute Gasteiger partial charge is 0.332 e. The van der Waals surface area contributed by atoms with Crippen molar-refractivity contribution in [1.82, 2.24) is 9.78 Å². The molecule has 8 nitrogen and oxygen atoms in total. The van der Waals surface area contributed by atoms with Crippen molar-refractivity contribution in [2.75, 3.05) is 0 Å². The van der Waals surface area contributed by atoms with Crippen molar-refractivity contribution >= 4 is 16.1 Å². The molecule has 0 saturated heterocycles. The zero-order valence-electron chi connectivity index (χ0n) is 11.8. The lowest BCUT2D eigenvalue weighted by atomic mass is 10.0. The Kier molecular flexibility index (Phi) is 3.71. The summed E-state index contributed by atoms with van der Waals surface area (Å²) in [6.07, 6.45) is 0. The molecule has 1 unspecified atom stereocenters. The Hall–Kier alpha value is -2.39. The average Bonchev–Trinajstić information content (AvgIpc) is 2.73. The molecule has 3 N–H and O–H groups in total. The number of nitrogens with zero attached hydrogens (tertiary/aromatic N) is 1. The number of aryl methyl sites for hydroxylation is 1. The highest BCUT2D eigenvalue weighted by Gasteiger charge is 2.51. The Morgan fingerprint density at radius 1 is 1.27 bits per heavy atom. The number of aliphatic carboxylic acids is 1. The first-order valence-corrected chi connectivity index (χ1v) is 7.62. The Balaban J connectivity index is 2.82. The standard InChI is InChI=1S/C13H14N2O6S/c1-8-10(13(2,12(17)18)22(19,20)21)11(16)15(14-8)9-6-4-3-5-7-9/h3-7,14H,1-2H3,(H,17,18)(H,19,20,21). The molecule has 0 aliphatic carbocycles. The van der Waals surface area contributed by atoms with Crippen molar-refractivity contribution in [2.24, 2.45) is 0 Å². The number of nitrogens with one attached hydrogen (secondary N) is 1. The highest BCUT2D eigenvalue weighted by molar-refractivity contribution is 7.87. The SMILES string of the molecule is Cc1[nH]n(-c2ccccc2)c(=O)c1C(C)(C(=O)O)S(=O)(=O)O. The predicted molar refractivity (Wildman–Crippen MR) is 77.7 cm³/mol. The molecule has 0 amide bonds. The number of hydrogen-bond acceptors (Lipinski definition) is 4. The number of aromatic nitrogens is 2. The number of aromatic amines is 1. The summed E-state index contributed by atoms with van der Waals surface area (Å²) in [4.78, 5) is 23.9. The maximum atomic E-state index is 12.5. The number of para-hydroxylation sites is 1. The second-order valence-electron chi connectivity index (χ2n) is 4.90. The molecule has 1 heterocycles. The fourth-order valence-electron chi connectivity index (χ4n) is 2.21. The maximum absolute atomic E-state index is 12.5. The lowest BCUT2D eigenvalue weighted by Crippen LogP contribution is -2.44. The van der Waals surface area contributed by atoms with E-state index < -0.39 is 32.0 Å². The lowest BCUT2D eigenvalue weighted by Gasteiger charge is -2.19. The summed E-state index contributed by atoms with van der Waals surface area (Å²) >= 11 is 0. The van der Waals surface area contributed by atoms with Crippen molar-refractivity contribution in [1.29, 1.82) is 0 Å². The lowest BCUT2D eigenvalue weighted by molar-refractivity contribution is -0.140. The van der Waals surface area contributed by atoms with Gasteiger partial charge in [0.25, 0.3) is 15.7 Å². The summed E-state index contributed by atoms with van der Waals surface area (Å²) in [5, 5.41) is 11.9. The Morgan fingerprint density at radius 2 is 1.82 bits per heavy atom. The second-order valence-corrected chi connectivity index (χ2v) is 6.67. The van der Waals surface area contributed by atoms with Crippen molar-refractivity contribution in [2.45, 2.75) is 18.6 Å². The van der Waals surface area contributed by atoms with Crippen LogP contribution in [0.1, 0.15) is 18.2 Å². The van der Waals surface area contributed by atoms with Gasteiger partial charge in [0.1, 0.15) is 0 Å². The van der Waals surface area contributed by atoms with Crippen LogP contribution in [0.3, 0.4) is 0 Å². The Morgan fingerprint density at radius 3 is 2.27 bits per heavy atom. The molecule has 1 atom stereocenters. The molecule has 22 heavy (non-hydrogen) atoms. The zero-order chi connectivity index (χ0) is 16.7. The number of carboxylic acid groups (broad SMARTS) is 1. The monoisotopic (exact) mass is 326 g/mol. The van der Waals surface area contributed by atoms with E-state index >= 15 is 0 Å². The van der Waals surface area contributed by atoms with E-state index in [-0.39, 0.29) is 5.69 Å². The van der Waals surface area contributed by atoms with Crippen molar-refractivity contribution < 1.29 is 22.9 Å². The largest absolute Gasteiger partial charge is 0.480 e. The number of H-pyrrole nitrogens is 1. The van der Waals surface area contributed by atoms with E-state index in [4.69, 9.17) is 0 Å². The highest BCUT2D eigenvalue weighted by atomic mass is 32.2. The molecule has 0 spiro atoms. The van der Waals surface area contributed by atoms with Gasteiger partial charge in [-0.1, -0.05) is 18.2 Å². The van der Waals surface area contributed by atoms with E-state index in [1.54, 1.807) is 30.3 Å². The number of hydrogen-bond donors (Lipinski definition) is 3. The third kappa shape index (κ3) is 2.24. The summed E-state index contributed by atoms with van der Waals surface area (Å²) in [6, 6.07) is 8.23. The van der Waals surface area contributed by atoms with E-state index in [0.717, 1.165) is 11.6 Å². The van der Waals surface area contributed by atoms with E-state index in [0.29, 0.717) is 5.69 Å². The average molecular weight is 326 g/mol. The van der Waals surface area contributed by atoms with Crippen LogP contribution in [0.25, 0.3) is 5.69 Å². The zero-order valence-corrected chi connectivity index (χ0v) is 12.6. The molecule has 0 aliphatic heterocycles. The van der Waals surface area contributed by atoms with Crippen molar-refractivity contribution in [3.8, 4) is 5.69 Å². The van der Waals surface area contributed by atoms with Crippen LogP contribution in [0.5, 0.6) is 0 Å². The summed E-state index contributed by atoms with van der Waals surface area (Å²) in [5.41, 5.74) is -0.945. The molecule has 1 aromatic carbocycles. The molecule has 9 heteroatoms. The molecular formula is C13H14N2O6S. The fourth-order valence-corrected chi connectivity index (χ4v) is 2.93. The van der Waals surface area contributed by atoms with Gasteiger partial charge >= 0.3 is 5.97 Å². The Labute approximate surface area is 125 Å². The van der Waals surface area contributed by atoms with Gasteiger partial charge in [0.15, 0.2) is 0 Å². The molecule has 2 aromatic rings. The van der Waals surface area contributed by atoms with Gasteiger partial charge in [-0.3, -0.25) is 19.2 Å². The van der Waals surface area contributed by atoms with E-state index in [2.05, 4.69) is 5.10 Å². The normalized spacial score (nSPS) is 14.5. The van der Waals surface area contributed by atoms with Gasteiger partial charge < -0.3 is 5.11 Å². The first kappa shape index (κ1) is 16.0. The molecule has 0 aliphatic rings. The van der Waals surface area contributed by atoms with Crippen LogP contribution < -0.4 is 5.56 Å². The van der Waals surface area contributed by atoms with Gasteiger partial charge in [-0.2, -0.15) is 8.42 Å². The summed E-state index contributed by atoms with van der Waals surface area (Å²) in [7, 11) is -5.06. The van der Waals surface area contributed by atoms with Gasteiger partial charge in [-0.15, -0.1) is 0 Å². The molecule has 118 valence electrons. The number of carboxylic acids is 1. The van der Waals surface area contributed by atoms with Gasteiger partial charge in [0.2, 0.25) is 4.75 Å². The minimum atomic E-state index is -5.06. The van der Waals surface area contributed by atoms with Gasteiger partial charge in [-0.25, -0.2) is 4.68 Å². The summed E-state index contributed by atoms with van der Waals surface area (Å²) < 4.78 is 30.7. The quantitative estimate of drug-likeness (QED) is 0.708. The second kappa shape index (κ2) is 5.11. The van der Waals surface area contributed by atoms with Crippen LogP contribution in [0.15, 0.2) is 35.1 Å². The van der Waals surface area contributed by atoms with Crippen molar-refractivity contribution in [3.63, 3.8) is 0 Å². The minimum absolute atomic E-state index is 0.0383. The summed E-state index contributed by atoms with van der Waals surface area (Å²) in [6.45, 7) is 2.14. The van der Waals surface area contributed by atoms with Gasteiger partial charge in [0, 0.05) is 5.69 Å². The third-order valence-corrected chi connectivity index (χ3v) is 4.90. The number of carbonyl (C=O) groups is 1. The van der Waals surface area contributed by atoms with Crippen LogP contribution in [0.4, 0.5) is 0 Å². The van der Waals surface area contributed by atoms with Gasteiger partial charge in [-0.05, 0) is 26.0 Å². The molecular weight excluding hydrogens is 312 g/mol. The summed E-state index contributed by atoms with van der Waals surface area (Å²) in [5.74, 6) is -1.84. The molecule has 0 saturated carbocycles. The fraction of sp³-hybridized carbons (Fsp3) is 0.231. The molecule has 0 fully saturated rings. The number of benzene rings is 1. The van der Waals surface area contributed by atoms with Crippen LogP contribution in [0.2, 0.25) is 0 Å². The van der Waals surface area contributed by atoms with Crippen molar-refractivity contribution in [3.05, 3.63) is 51.9 Å². The molecule has 0 bridgehead atoms. The topological polar surface area (TPSA) is 129 Å². The third-order valence-electron chi connectivity index (χ3n) is 3.49. The van der Waals surface area contributed by atoms with E-state index in [9.17, 15) is 27.7 Å². The van der Waals surface area contributed by atoms with Crippen LogP contribution in [0, 0.1) is 6.92 Å². The van der Waals surface area contributed by atoms with Crippen LogP contribution in [-0.2, 0) is 19.7 Å². The van der Waals surface area contributed by atoms with E-state index in [1.807, 2.05) is 0 Å². The highest BCUT2D eigenvalue weighted by Crippen LogP contribution is 2.29. The molecule has 2 rings (SSSR count). The van der Waals surface area contributed by atoms with Crippen LogP contribution >= 0.6 is 0 Å². The van der Waals surface area contributed by atoms with Crippen LogP contribution in [-0.4, -0.2) is 33.8 Å². The molecule has 0 radical (unpaired) electrons. The molecule has 1 aromatic heterocycles. The minimum Gasteiger partial charge on any atom is -0.480 e. The first-order valence-electron chi connectivity index (χ1n) is 6.18. The van der Waals surface area contributed by atoms with Gasteiger partial charge in [0.05, 0.1) is 11.3 Å². The first-order chi connectivity index (χ1) is 10.1. The predicted octanol–water partition coefficient (Wildman–Crippen LogP) is 0.662.